The number of carbonyl (C=O) groups is 2. The molecule has 1 aliphatic carbocycles. The molecular weight excluding hydrogens is 312 g/mol. The Labute approximate surface area is 148 Å². The van der Waals surface area contributed by atoms with E-state index in [4.69, 9.17) is 6.42 Å². The highest BCUT2D eigenvalue weighted by Gasteiger charge is 2.23. The van der Waals surface area contributed by atoms with Gasteiger partial charge in [-0.15, -0.1) is 6.42 Å². The van der Waals surface area contributed by atoms with Gasteiger partial charge in [-0.1, -0.05) is 25.0 Å². The summed E-state index contributed by atoms with van der Waals surface area (Å²) < 4.78 is 2.26. The number of Topliss-reactive ketones (excluding diaryl/α,β-unsaturated/α-hetero) is 1. The lowest BCUT2D eigenvalue weighted by Crippen LogP contribution is -2.23. The van der Waals surface area contributed by atoms with E-state index in [1.807, 2.05) is 24.3 Å². The summed E-state index contributed by atoms with van der Waals surface area (Å²) in [5, 5.41) is 2.66. The second-order valence-electron chi connectivity index (χ2n) is 6.30. The van der Waals surface area contributed by atoms with Crippen molar-refractivity contribution in [1.82, 2.24) is 9.88 Å². The van der Waals surface area contributed by atoms with Crippen LogP contribution in [0.4, 0.5) is 0 Å². The topological polar surface area (TPSA) is 51.1 Å². The molecule has 0 aliphatic heterocycles. The Balaban J connectivity index is 1.82. The summed E-state index contributed by atoms with van der Waals surface area (Å²) in [6.45, 7) is 3.06. The number of nitrogens with one attached hydrogen (secondary N) is 1. The van der Waals surface area contributed by atoms with Gasteiger partial charge in [0.15, 0.2) is 5.78 Å². The first-order valence-electron chi connectivity index (χ1n) is 8.69. The Morgan fingerprint density at radius 1 is 1.28 bits per heavy atom. The van der Waals surface area contributed by atoms with E-state index in [0.717, 1.165) is 42.6 Å². The molecule has 4 nitrogen and oxygen atoms in total. The van der Waals surface area contributed by atoms with Crippen LogP contribution in [0.3, 0.4) is 0 Å². The van der Waals surface area contributed by atoms with Crippen molar-refractivity contribution in [3.05, 3.63) is 58.4 Å². The van der Waals surface area contributed by atoms with Gasteiger partial charge in [-0.3, -0.25) is 9.59 Å². The number of aromatic nitrogens is 1. The molecule has 0 atom stereocenters. The van der Waals surface area contributed by atoms with Crippen LogP contribution in [0.15, 0.2) is 30.3 Å². The van der Waals surface area contributed by atoms with Crippen LogP contribution in [-0.4, -0.2) is 22.8 Å². The van der Waals surface area contributed by atoms with Crippen molar-refractivity contribution in [1.29, 1.82) is 0 Å². The van der Waals surface area contributed by atoms with Crippen LogP contribution in [-0.2, 0) is 19.4 Å². The fourth-order valence-corrected chi connectivity index (χ4v) is 3.38. The number of ketones is 1. The summed E-state index contributed by atoms with van der Waals surface area (Å²) in [4.78, 5) is 24.1. The quantitative estimate of drug-likeness (QED) is 0.855. The van der Waals surface area contributed by atoms with Crippen LogP contribution in [0, 0.1) is 12.3 Å². The number of terminal acetylenes is 1. The van der Waals surface area contributed by atoms with E-state index in [9.17, 15) is 9.59 Å². The summed E-state index contributed by atoms with van der Waals surface area (Å²) in [5.74, 6) is 2.49. The first kappa shape index (κ1) is 17.0. The average molecular weight is 334 g/mol. The summed E-state index contributed by atoms with van der Waals surface area (Å²) in [6, 6.07) is 9.60. The lowest BCUT2D eigenvalue weighted by molar-refractivity contribution is 0.0954. The summed E-state index contributed by atoms with van der Waals surface area (Å²) in [6.07, 6.45) is 8.58. The van der Waals surface area contributed by atoms with Gasteiger partial charge in [0, 0.05) is 35.5 Å². The number of hydrogen-bond donors (Lipinski definition) is 1. The van der Waals surface area contributed by atoms with Crippen LogP contribution in [0.1, 0.15) is 57.4 Å². The number of aryl methyl sites for hydroxylation is 1. The maximum Gasteiger partial charge on any atom is 0.252 e. The first-order chi connectivity index (χ1) is 12.1. The van der Waals surface area contributed by atoms with Crippen LogP contribution >= 0.6 is 0 Å². The van der Waals surface area contributed by atoms with Gasteiger partial charge in [-0.25, -0.2) is 0 Å². The van der Waals surface area contributed by atoms with Crippen molar-refractivity contribution in [2.24, 2.45) is 0 Å². The van der Waals surface area contributed by atoms with Gasteiger partial charge in [0.25, 0.3) is 5.91 Å². The Morgan fingerprint density at radius 2 is 2.04 bits per heavy atom. The summed E-state index contributed by atoms with van der Waals surface area (Å²) in [7, 11) is 0. The molecule has 4 heteroatoms. The third kappa shape index (κ3) is 3.51. The third-order valence-corrected chi connectivity index (χ3v) is 4.68. The molecule has 0 bridgehead atoms. The molecule has 0 unspecified atom stereocenters. The molecule has 25 heavy (non-hydrogen) atoms. The van der Waals surface area contributed by atoms with E-state index < -0.39 is 0 Å². The van der Waals surface area contributed by atoms with Crippen molar-refractivity contribution in [3.8, 4) is 12.3 Å². The fourth-order valence-electron chi connectivity index (χ4n) is 3.38. The van der Waals surface area contributed by atoms with E-state index in [0.29, 0.717) is 12.0 Å². The van der Waals surface area contributed by atoms with Crippen LogP contribution in [0.2, 0.25) is 0 Å². The van der Waals surface area contributed by atoms with Gasteiger partial charge in [0.05, 0.1) is 6.54 Å². The first-order valence-corrected chi connectivity index (χ1v) is 8.69. The number of amides is 1. The fraction of sp³-hybridized carbons (Fsp3) is 0.333. The molecule has 3 rings (SSSR count). The molecular formula is C21H22N2O2. The molecule has 128 valence electrons. The van der Waals surface area contributed by atoms with Crippen molar-refractivity contribution in [2.75, 3.05) is 6.54 Å². The van der Waals surface area contributed by atoms with Crippen molar-refractivity contribution >= 4 is 11.7 Å². The molecule has 0 spiro atoms. The Kier molecular flexibility index (Phi) is 5.04. The zero-order valence-corrected chi connectivity index (χ0v) is 14.5. The van der Waals surface area contributed by atoms with Gasteiger partial charge >= 0.3 is 0 Å². The minimum absolute atomic E-state index is 0.164. The third-order valence-electron chi connectivity index (χ3n) is 4.68. The largest absolute Gasteiger partial charge is 0.344 e. The van der Waals surface area contributed by atoms with Crippen LogP contribution < -0.4 is 5.32 Å². The predicted octanol–water partition coefficient (Wildman–Crippen LogP) is 2.98. The molecule has 0 saturated heterocycles. The lowest BCUT2D eigenvalue weighted by Gasteiger charge is -2.17. The molecule has 0 fully saturated rings. The molecule has 2 aromatic rings. The van der Waals surface area contributed by atoms with Gasteiger partial charge in [0.2, 0.25) is 0 Å². The van der Waals surface area contributed by atoms with E-state index in [2.05, 4.69) is 28.8 Å². The number of fused-ring (bicyclic) bond motifs is 1. The van der Waals surface area contributed by atoms with E-state index in [1.165, 1.54) is 5.69 Å². The molecule has 1 N–H and O–H groups in total. The summed E-state index contributed by atoms with van der Waals surface area (Å²) in [5.41, 5.74) is 4.95. The average Bonchev–Trinajstić information content (AvgIpc) is 2.99. The Hall–Kier alpha value is -2.80. The predicted molar refractivity (Wildman–Crippen MR) is 97.8 cm³/mol. The SMILES string of the molecule is C#CCNC(=O)c1ccc(Cn2c(CC)cc3c2CCCC3=O)cc1. The number of benzene rings is 1. The maximum atomic E-state index is 12.2. The Morgan fingerprint density at radius 3 is 2.72 bits per heavy atom. The molecule has 1 aromatic carbocycles. The number of hydrogen-bond acceptors (Lipinski definition) is 2. The van der Waals surface area contributed by atoms with Gasteiger partial charge in [0.1, 0.15) is 0 Å². The second-order valence-corrected chi connectivity index (χ2v) is 6.30. The van der Waals surface area contributed by atoms with Crippen LogP contribution in [0.5, 0.6) is 0 Å². The highest BCUT2D eigenvalue weighted by Crippen LogP contribution is 2.26. The molecule has 0 saturated carbocycles. The molecule has 0 radical (unpaired) electrons. The normalized spacial score (nSPS) is 13.2. The second kappa shape index (κ2) is 7.40. The monoisotopic (exact) mass is 334 g/mol. The number of nitrogens with zero attached hydrogens (tertiary/aromatic N) is 1. The van der Waals surface area contributed by atoms with E-state index >= 15 is 0 Å². The van der Waals surface area contributed by atoms with Crippen molar-refractivity contribution in [2.45, 2.75) is 39.2 Å². The minimum atomic E-state index is -0.164. The minimum Gasteiger partial charge on any atom is -0.344 e. The maximum absolute atomic E-state index is 12.2. The molecule has 1 amide bonds. The van der Waals surface area contributed by atoms with Crippen LogP contribution in [0.25, 0.3) is 0 Å². The van der Waals surface area contributed by atoms with Gasteiger partial charge in [-0.2, -0.15) is 0 Å². The van der Waals surface area contributed by atoms with Crippen molar-refractivity contribution in [3.63, 3.8) is 0 Å². The lowest BCUT2D eigenvalue weighted by atomic mass is 9.96. The summed E-state index contributed by atoms with van der Waals surface area (Å²) >= 11 is 0. The highest BCUT2D eigenvalue weighted by atomic mass is 16.1. The smallest absolute Gasteiger partial charge is 0.252 e. The number of rotatable bonds is 5. The van der Waals surface area contributed by atoms with Gasteiger partial charge < -0.3 is 9.88 Å². The Bertz CT molecular complexity index is 838. The van der Waals surface area contributed by atoms with Crippen molar-refractivity contribution < 1.29 is 9.59 Å². The molecule has 1 heterocycles. The standard InChI is InChI=1S/C21H22N2O2/c1-3-12-22-21(25)16-10-8-15(9-11-16)14-23-17(4-2)13-18-19(23)6-5-7-20(18)24/h1,8-11,13H,4-7,12,14H2,2H3,(H,22,25). The molecule has 1 aliphatic rings. The zero-order valence-electron chi connectivity index (χ0n) is 14.5. The number of carbonyl (C=O) groups excluding carboxylic acids is 2. The highest BCUT2D eigenvalue weighted by molar-refractivity contribution is 5.98. The van der Waals surface area contributed by atoms with Gasteiger partial charge in [-0.05, 0) is 43.0 Å². The zero-order chi connectivity index (χ0) is 17.8. The van der Waals surface area contributed by atoms with E-state index in [-0.39, 0.29) is 18.2 Å². The molecule has 1 aromatic heterocycles. The van der Waals surface area contributed by atoms with E-state index in [1.54, 1.807) is 0 Å².